The molecule has 0 bridgehead atoms. The van der Waals surface area contributed by atoms with Crippen molar-refractivity contribution in [1.29, 1.82) is 0 Å². The molecule has 1 rings (SSSR count). The Bertz CT molecular complexity index is 438. The average Bonchev–Trinajstić information content (AvgIpc) is 2.45. The molecule has 1 heterocycles. The zero-order valence-electron chi connectivity index (χ0n) is 13.2. The largest absolute Gasteiger partial charge is 0.330 e. The van der Waals surface area contributed by atoms with Crippen LogP contribution in [-0.2, 0) is 14.6 Å². The van der Waals surface area contributed by atoms with Gasteiger partial charge in [-0.05, 0) is 24.8 Å². The number of carbonyl (C=O) groups is 1. The molecule has 2 N–H and O–H groups in total. The molecule has 5 nitrogen and oxygen atoms in total. The first kappa shape index (κ1) is 18.8. The number of nitrogens with two attached hydrogens (primary N) is 1. The van der Waals surface area contributed by atoms with E-state index in [0.717, 1.165) is 12.2 Å². The number of amides is 1. The lowest BCUT2D eigenvalue weighted by molar-refractivity contribution is -0.132. The van der Waals surface area contributed by atoms with Crippen molar-refractivity contribution in [1.82, 2.24) is 4.90 Å². The minimum absolute atomic E-state index is 0.0616. The highest BCUT2D eigenvalue weighted by Crippen LogP contribution is 2.24. The van der Waals surface area contributed by atoms with Gasteiger partial charge < -0.3 is 10.6 Å². The Morgan fingerprint density at radius 3 is 2.62 bits per heavy atom. The lowest BCUT2D eigenvalue weighted by atomic mass is 9.94. The van der Waals surface area contributed by atoms with Crippen LogP contribution in [0.15, 0.2) is 0 Å². The second-order valence-electron chi connectivity index (χ2n) is 6.00. The van der Waals surface area contributed by atoms with E-state index in [1.54, 1.807) is 23.6 Å². The third-order valence-electron chi connectivity index (χ3n) is 3.82. The molecule has 0 aromatic heterocycles. The predicted octanol–water partition coefficient (Wildman–Crippen LogP) is 1.33. The van der Waals surface area contributed by atoms with Gasteiger partial charge in [-0.1, -0.05) is 20.8 Å². The third kappa shape index (κ3) is 5.45. The van der Waals surface area contributed by atoms with Crippen molar-refractivity contribution in [3.05, 3.63) is 0 Å². The van der Waals surface area contributed by atoms with Gasteiger partial charge in [-0.3, -0.25) is 4.79 Å². The van der Waals surface area contributed by atoms with Gasteiger partial charge in [-0.25, -0.2) is 8.42 Å². The lowest BCUT2D eigenvalue weighted by Crippen LogP contribution is -2.51. The van der Waals surface area contributed by atoms with E-state index in [2.05, 4.69) is 13.8 Å². The number of rotatable bonds is 7. The molecule has 0 radical (unpaired) electrons. The van der Waals surface area contributed by atoms with E-state index in [-0.39, 0.29) is 17.6 Å². The van der Waals surface area contributed by atoms with Gasteiger partial charge in [0, 0.05) is 30.2 Å². The van der Waals surface area contributed by atoms with E-state index < -0.39 is 15.2 Å². The second-order valence-corrected chi connectivity index (χ2v) is 9.60. The Labute approximate surface area is 132 Å². The summed E-state index contributed by atoms with van der Waals surface area (Å²) in [4.78, 5) is 14.1. The maximum absolute atomic E-state index is 12.5. The molecule has 0 saturated carbocycles. The standard InChI is InChI=1S/C14H28N2O3S2/c1-4-21(18,19)14-10-20-6-5-16(14)13(17)8-12(9-15)7-11(2)3/h11-12,14H,4-10,15H2,1-3H3. The van der Waals surface area contributed by atoms with Crippen molar-refractivity contribution < 1.29 is 13.2 Å². The summed E-state index contributed by atoms with van der Waals surface area (Å²) in [6.45, 7) is 6.84. The Balaban J connectivity index is 2.77. The summed E-state index contributed by atoms with van der Waals surface area (Å²) >= 11 is 1.60. The van der Waals surface area contributed by atoms with Crippen molar-refractivity contribution >= 4 is 27.5 Å². The van der Waals surface area contributed by atoms with Gasteiger partial charge in [0.25, 0.3) is 0 Å². The fourth-order valence-corrected chi connectivity index (χ4v) is 5.64. The molecule has 21 heavy (non-hydrogen) atoms. The number of carbonyl (C=O) groups excluding carboxylic acids is 1. The van der Waals surface area contributed by atoms with Crippen molar-refractivity contribution in [2.24, 2.45) is 17.6 Å². The summed E-state index contributed by atoms with van der Waals surface area (Å²) in [5, 5.41) is -0.661. The zero-order chi connectivity index (χ0) is 16.0. The quantitative estimate of drug-likeness (QED) is 0.759. The van der Waals surface area contributed by atoms with Crippen LogP contribution < -0.4 is 5.73 Å². The first-order valence-corrected chi connectivity index (χ1v) is 10.5. The number of nitrogens with zero attached hydrogens (tertiary/aromatic N) is 1. The fraction of sp³-hybridized carbons (Fsp3) is 0.929. The topological polar surface area (TPSA) is 80.5 Å². The summed E-state index contributed by atoms with van der Waals surface area (Å²) < 4.78 is 24.3. The SMILES string of the molecule is CCS(=O)(=O)C1CSCCN1C(=O)CC(CN)CC(C)C. The minimum Gasteiger partial charge on any atom is -0.330 e. The summed E-state index contributed by atoms with van der Waals surface area (Å²) in [7, 11) is -3.23. The summed E-state index contributed by atoms with van der Waals surface area (Å²) in [5.74, 6) is 1.93. The second kappa shape index (κ2) is 8.39. The molecule has 1 amide bonds. The van der Waals surface area contributed by atoms with E-state index in [9.17, 15) is 13.2 Å². The average molecular weight is 337 g/mol. The van der Waals surface area contributed by atoms with Gasteiger partial charge in [0.15, 0.2) is 9.84 Å². The van der Waals surface area contributed by atoms with E-state index in [4.69, 9.17) is 5.73 Å². The maximum Gasteiger partial charge on any atom is 0.224 e. The van der Waals surface area contributed by atoms with E-state index in [1.807, 2.05) is 0 Å². The van der Waals surface area contributed by atoms with Gasteiger partial charge in [0.2, 0.25) is 5.91 Å². The van der Waals surface area contributed by atoms with Crippen LogP contribution in [-0.4, -0.2) is 54.9 Å². The number of hydrogen-bond acceptors (Lipinski definition) is 5. The Kier molecular flexibility index (Phi) is 7.50. The van der Waals surface area contributed by atoms with E-state index in [0.29, 0.717) is 31.2 Å². The molecule has 2 unspecified atom stereocenters. The molecule has 1 aliphatic rings. The van der Waals surface area contributed by atoms with E-state index >= 15 is 0 Å². The van der Waals surface area contributed by atoms with Gasteiger partial charge in [0.05, 0.1) is 0 Å². The fourth-order valence-electron chi connectivity index (χ4n) is 2.65. The molecule has 1 fully saturated rings. The van der Waals surface area contributed by atoms with E-state index in [1.165, 1.54) is 0 Å². The van der Waals surface area contributed by atoms with Crippen molar-refractivity contribution in [3.63, 3.8) is 0 Å². The van der Waals surface area contributed by atoms with Gasteiger partial charge >= 0.3 is 0 Å². The first-order valence-electron chi connectivity index (χ1n) is 7.60. The molecular formula is C14H28N2O3S2. The number of sulfone groups is 1. The number of thioether (sulfide) groups is 1. The van der Waals surface area contributed by atoms with Crippen molar-refractivity contribution in [2.45, 2.75) is 39.0 Å². The Hall–Kier alpha value is -0.270. The molecule has 0 aliphatic carbocycles. The third-order valence-corrected chi connectivity index (χ3v) is 7.11. The lowest BCUT2D eigenvalue weighted by Gasteiger charge is -2.35. The van der Waals surface area contributed by atoms with Crippen LogP contribution in [0.5, 0.6) is 0 Å². The van der Waals surface area contributed by atoms with Crippen LogP contribution in [0.2, 0.25) is 0 Å². The smallest absolute Gasteiger partial charge is 0.224 e. The summed E-state index contributed by atoms with van der Waals surface area (Å²) in [5.41, 5.74) is 5.75. The highest BCUT2D eigenvalue weighted by Gasteiger charge is 2.36. The highest BCUT2D eigenvalue weighted by atomic mass is 32.2. The highest BCUT2D eigenvalue weighted by molar-refractivity contribution is 8.01. The van der Waals surface area contributed by atoms with Crippen LogP contribution in [0.25, 0.3) is 0 Å². The first-order chi connectivity index (χ1) is 9.81. The Morgan fingerprint density at radius 2 is 2.10 bits per heavy atom. The Morgan fingerprint density at radius 1 is 1.43 bits per heavy atom. The molecule has 1 aliphatic heterocycles. The molecule has 7 heteroatoms. The normalized spacial score (nSPS) is 21.6. The monoisotopic (exact) mass is 336 g/mol. The van der Waals surface area contributed by atoms with Crippen LogP contribution in [0.4, 0.5) is 0 Å². The van der Waals surface area contributed by atoms with Crippen molar-refractivity contribution in [3.8, 4) is 0 Å². The molecule has 0 aromatic carbocycles. The van der Waals surface area contributed by atoms with Gasteiger partial charge in [0.1, 0.15) is 5.37 Å². The predicted molar refractivity (Wildman–Crippen MR) is 88.9 cm³/mol. The minimum atomic E-state index is -3.23. The molecule has 0 aromatic rings. The molecule has 124 valence electrons. The zero-order valence-corrected chi connectivity index (χ0v) is 14.9. The maximum atomic E-state index is 12.5. The molecule has 0 spiro atoms. The van der Waals surface area contributed by atoms with Crippen LogP contribution in [0.1, 0.15) is 33.6 Å². The summed E-state index contributed by atoms with van der Waals surface area (Å²) in [6.07, 6.45) is 1.26. The molecular weight excluding hydrogens is 308 g/mol. The number of hydrogen-bond donors (Lipinski definition) is 1. The van der Waals surface area contributed by atoms with Gasteiger partial charge in [-0.15, -0.1) is 0 Å². The van der Waals surface area contributed by atoms with Gasteiger partial charge in [-0.2, -0.15) is 11.8 Å². The van der Waals surface area contributed by atoms with Crippen LogP contribution in [0, 0.1) is 11.8 Å². The van der Waals surface area contributed by atoms with Crippen molar-refractivity contribution in [2.75, 3.05) is 30.3 Å². The molecule has 2 atom stereocenters. The van der Waals surface area contributed by atoms with Crippen LogP contribution in [0.3, 0.4) is 0 Å². The van der Waals surface area contributed by atoms with Crippen LogP contribution >= 0.6 is 11.8 Å². The molecule has 1 saturated heterocycles. The summed E-state index contributed by atoms with van der Waals surface area (Å²) in [6, 6.07) is 0.